The molecule has 1 aromatic rings. The molecule has 4 nitrogen and oxygen atoms in total. The highest BCUT2D eigenvalue weighted by Crippen LogP contribution is 2.35. The third-order valence-corrected chi connectivity index (χ3v) is 4.40. The molecule has 0 aliphatic carbocycles. The van der Waals surface area contributed by atoms with Crippen molar-refractivity contribution in [2.75, 3.05) is 20.7 Å². The van der Waals surface area contributed by atoms with Crippen molar-refractivity contribution in [3.63, 3.8) is 0 Å². The van der Waals surface area contributed by atoms with Gasteiger partial charge in [0.15, 0.2) is 0 Å². The Morgan fingerprint density at radius 2 is 1.80 bits per heavy atom. The minimum absolute atomic E-state index is 0.0361. The molecule has 0 amide bonds. The molecule has 0 aliphatic heterocycles. The Hall–Kier alpha value is -0.940. The van der Waals surface area contributed by atoms with E-state index in [1.807, 2.05) is 63.2 Å². The van der Waals surface area contributed by atoms with Crippen LogP contribution in [0.25, 0.3) is 0 Å². The molecule has 4 N–H and O–H groups in total. The predicted molar refractivity (Wildman–Crippen MR) is 82.4 cm³/mol. The highest BCUT2D eigenvalue weighted by atomic mass is 16.3. The number of nitrogens with zero attached hydrogens (tertiary/aromatic N) is 1. The number of aliphatic hydroxyl groups is 2. The van der Waals surface area contributed by atoms with E-state index in [0.29, 0.717) is 12.8 Å². The molecule has 3 atom stereocenters. The quantitative estimate of drug-likeness (QED) is 0.704. The first kappa shape index (κ1) is 17.1. The Balaban J connectivity index is 3.20. The Bertz CT molecular complexity index is 410. The molecule has 3 unspecified atom stereocenters. The molecular formula is C16H28N2O2. The summed E-state index contributed by atoms with van der Waals surface area (Å²) in [6, 6.07) is 9.11. The summed E-state index contributed by atoms with van der Waals surface area (Å²) >= 11 is 0. The van der Waals surface area contributed by atoms with E-state index in [0.717, 1.165) is 5.56 Å². The number of rotatable bonds is 7. The van der Waals surface area contributed by atoms with Gasteiger partial charge < -0.3 is 20.8 Å². The Morgan fingerprint density at radius 1 is 1.25 bits per heavy atom. The first-order chi connectivity index (χ1) is 9.30. The monoisotopic (exact) mass is 280 g/mol. The molecule has 1 aromatic carbocycles. The van der Waals surface area contributed by atoms with Crippen molar-refractivity contribution in [2.45, 2.75) is 43.9 Å². The van der Waals surface area contributed by atoms with E-state index in [-0.39, 0.29) is 12.6 Å². The minimum Gasteiger partial charge on any atom is -0.394 e. The van der Waals surface area contributed by atoms with Gasteiger partial charge in [0.25, 0.3) is 0 Å². The van der Waals surface area contributed by atoms with Crippen molar-refractivity contribution in [3.8, 4) is 0 Å². The molecule has 0 bridgehead atoms. The lowest BCUT2D eigenvalue weighted by molar-refractivity contribution is -0.0576. The van der Waals surface area contributed by atoms with E-state index in [1.54, 1.807) is 0 Å². The van der Waals surface area contributed by atoms with Gasteiger partial charge in [0.2, 0.25) is 0 Å². The number of nitrogens with two attached hydrogens (primary N) is 1. The highest BCUT2D eigenvalue weighted by molar-refractivity contribution is 5.25. The molecule has 1 rings (SSSR count). The first-order valence-corrected chi connectivity index (χ1v) is 7.12. The summed E-state index contributed by atoms with van der Waals surface area (Å²) in [6.45, 7) is 3.86. The molecule has 0 heterocycles. The number of hydrogen-bond acceptors (Lipinski definition) is 4. The van der Waals surface area contributed by atoms with Gasteiger partial charge in [0.1, 0.15) is 5.60 Å². The summed E-state index contributed by atoms with van der Waals surface area (Å²) < 4.78 is 0. The molecule has 0 radical (unpaired) electrons. The van der Waals surface area contributed by atoms with Crippen molar-refractivity contribution in [1.82, 2.24) is 4.90 Å². The molecule has 114 valence electrons. The Morgan fingerprint density at radius 3 is 2.20 bits per heavy atom. The van der Waals surface area contributed by atoms with Crippen molar-refractivity contribution < 1.29 is 10.2 Å². The molecule has 20 heavy (non-hydrogen) atoms. The third kappa shape index (κ3) is 3.38. The molecule has 4 heteroatoms. The van der Waals surface area contributed by atoms with Crippen LogP contribution in [0.2, 0.25) is 0 Å². The molecular weight excluding hydrogens is 252 g/mol. The largest absolute Gasteiger partial charge is 0.394 e. The van der Waals surface area contributed by atoms with E-state index < -0.39 is 11.1 Å². The summed E-state index contributed by atoms with van der Waals surface area (Å²) in [5, 5.41) is 20.9. The fourth-order valence-corrected chi connectivity index (χ4v) is 2.45. The fraction of sp³-hybridized carbons (Fsp3) is 0.625. The zero-order valence-corrected chi connectivity index (χ0v) is 13.0. The Labute approximate surface area is 122 Å². The first-order valence-electron chi connectivity index (χ1n) is 7.12. The van der Waals surface area contributed by atoms with Crippen molar-refractivity contribution in [1.29, 1.82) is 0 Å². The van der Waals surface area contributed by atoms with Crippen LogP contribution in [0.1, 0.15) is 32.3 Å². The van der Waals surface area contributed by atoms with Gasteiger partial charge in [0.05, 0.1) is 6.61 Å². The lowest BCUT2D eigenvalue weighted by Crippen LogP contribution is -2.55. The van der Waals surface area contributed by atoms with E-state index in [9.17, 15) is 10.2 Å². The molecule has 0 spiro atoms. The number of aliphatic hydroxyl groups excluding tert-OH is 1. The zero-order valence-electron chi connectivity index (χ0n) is 13.0. The highest BCUT2D eigenvalue weighted by Gasteiger charge is 2.43. The second kappa shape index (κ2) is 6.68. The molecule has 0 fully saturated rings. The van der Waals surface area contributed by atoms with Crippen LogP contribution >= 0.6 is 0 Å². The van der Waals surface area contributed by atoms with E-state index in [4.69, 9.17) is 5.73 Å². The van der Waals surface area contributed by atoms with Crippen LogP contribution in [0.5, 0.6) is 0 Å². The smallest absolute Gasteiger partial charge is 0.106 e. The lowest BCUT2D eigenvalue weighted by Gasteiger charge is -2.44. The average molecular weight is 280 g/mol. The molecule has 0 aliphatic rings. The fourth-order valence-electron chi connectivity index (χ4n) is 2.45. The van der Waals surface area contributed by atoms with Gasteiger partial charge in [-0.15, -0.1) is 0 Å². The summed E-state index contributed by atoms with van der Waals surface area (Å²) in [6.07, 6.45) is 1.04. The van der Waals surface area contributed by atoms with Gasteiger partial charge in [0, 0.05) is 18.0 Å². The summed E-state index contributed by atoms with van der Waals surface area (Å²) in [7, 11) is 3.80. The van der Waals surface area contributed by atoms with Crippen molar-refractivity contribution >= 4 is 0 Å². The van der Waals surface area contributed by atoms with E-state index >= 15 is 0 Å². The van der Waals surface area contributed by atoms with Gasteiger partial charge in [-0.1, -0.05) is 37.3 Å². The number of hydrogen-bond donors (Lipinski definition) is 3. The SMILES string of the molecule is CCC(N)C(O)(CC(C)(CO)N(C)C)c1ccccc1. The second-order valence-corrected chi connectivity index (χ2v) is 6.03. The molecule has 0 saturated carbocycles. The molecule has 0 saturated heterocycles. The van der Waals surface area contributed by atoms with Crippen LogP contribution in [0.15, 0.2) is 30.3 Å². The van der Waals surface area contributed by atoms with Crippen molar-refractivity contribution in [2.24, 2.45) is 5.73 Å². The topological polar surface area (TPSA) is 69.7 Å². The maximum absolute atomic E-state index is 11.2. The van der Waals surface area contributed by atoms with Crippen LogP contribution in [0.3, 0.4) is 0 Å². The van der Waals surface area contributed by atoms with Crippen LogP contribution in [0, 0.1) is 0 Å². The number of likely N-dealkylation sites (N-methyl/N-ethyl adjacent to an activating group) is 1. The third-order valence-electron chi connectivity index (χ3n) is 4.40. The van der Waals surface area contributed by atoms with Gasteiger partial charge >= 0.3 is 0 Å². The number of benzene rings is 1. The van der Waals surface area contributed by atoms with Gasteiger partial charge in [-0.2, -0.15) is 0 Å². The van der Waals surface area contributed by atoms with Crippen LogP contribution < -0.4 is 5.73 Å². The van der Waals surface area contributed by atoms with Crippen molar-refractivity contribution in [3.05, 3.63) is 35.9 Å². The van der Waals surface area contributed by atoms with Crippen LogP contribution in [0.4, 0.5) is 0 Å². The summed E-state index contributed by atoms with van der Waals surface area (Å²) in [5.41, 5.74) is 5.31. The lowest BCUT2D eigenvalue weighted by atomic mass is 9.75. The maximum Gasteiger partial charge on any atom is 0.106 e. The predicted octanol–water partition coefficient (Wildman–Crippen LogP) is 1.31. The second-order valence-electron chi connectivity index (χ2n) is 6.03. The zero-order chi connectivity index (χ0) is 15.4. The van der Waals surface area contributed by atoms with Gasteiger partial charge in [-0.25, -0.2) is 0 Å². The van der Waals surface area contributed by atoms with Gasteiger partial charge in [-0.3, -0.25) is 0 Å². The minimum atomic E-state index is -1.15. The normalized spacial score (nSPS) is 19.4. The van der Waals surface area contributed by atoms with E-state index in [2.05, 4.69) is 0 Å². The van der Waals surface area contributed by atoms with E-state index in [1.165, 1.54) is 0 Å². The van der Waals surface area contributed by atoms with Gasteiger partial charge in [-0.05, 0) is 33.0 Å². The molecule has 0 aromatic heterocycles. The Kier molecular flexibility index (Phi) is 5.71. The van der Waals surface area contributed by atoms with Crippen LogP contribution in [-0.4, -0.2) is 47.4 Å². The van der Waals surface area contributed by atoms with Crippen LogP contribution in [-0.2, 0) is 5.60 Å². The maximum atomic E-state index is 11.2. The summed E-state index contributed by atoms with van der Waals surface area (Å²) in [4.78, 5) is 1.93. The average Bonchev–Trinajstić information content (AvgIpc) is 2.46. The standard InChI is InChI=1S/C16H28N2O2/c1-5-14(17)16(20,13-9-7-6-8-10-13)11-15(2,12-19)18(3)4/h6-10,14,19-20H,5,11-12,17H2,1-4H3. The summed E-state index contributed by atoms with van der Waals surface area (Å²) in [5.74, 6) is 0.